The molecule has 0 spiro atoms. The number of likely N-dealkylation sites (tertiary alicyclic amines) is 1. The summed E-state index contributed by atoms with van der Waals surface area (Å²) in [4.78, 5) is 18.4. The number of rotatable bonds is 4. The molecule has 1 saturated heterocycles. The maximum atomic E-state index is 12.0. The Balaban J connectivity index is 1.80. The summed E-state index contributed by atoms with van der Waals surface area (Å²) in [5.74, 6) is 0.396. The Hall–Kier alpha value is -1.62. The van der Waals surface area contributed by atoms with Gasteiger partial charge < -0.3 is 16.0 Å². The van der Waals surface area contributed by atoms with Crippen LogP contribution in [-0.2, 0) is 0 Å². The quantitative estimate of drug-likeness (QED) is 0.853. The van der Waals surface area contributed by atoms with E-state index in [1.165, 1.54) is 0 Å². The number of carbonyl (C=O) groups is 1. The van der Waals surface area contributed by atoms with Crippen molar-refractivity contribution in [2.75, 3.05) is 31.9 Å². The standard InChI is InChI=1S/C14H22N4O/c1-2-18-8-5-11(6-9-18)10-17-14(19)13-12(15)4-3-7-16-13/h3-4,7,11H,2,5-6,8-10,15H2,1H3,(H,17,19). The Morgan fingerprint density at radius 3 is 2.89 bits per heavy atom. The van der Waals surface area contributed by atoms with E-state index < -0.39 is 0 Å². The van der Waals surface area contributed by atoms with Gasteiger partial charge >= 0.3 is 0 Å². The average molecular weight is 262 g/mol. The molecule has 0 atom stereocenters. The van der Waals surface area contributed by atoms with Gasteiger partial charge in [0.25, 0.3) is 5.91 Å². The number of nitrogen functional groups attached to an aromatic ring is 1. The second-order valence-electron chi connectivity index (χ2n) is 5.03. The maximum Gasteiger partial charge on any atom is 0.272 e. The fourth-order valence-corrected chi connectivity index (χ4v) is 2.44. The minimum Gasteiger partial charge on any atom is -0.397 e. The van der Waals surface area contributed by atoms with Gasteiger partial charge in [0.2, 0.25) is 0 Å². The first kappa shape index (κ1) is 13.8. The van der Waals surface area contributed by atoms with Gasteiger partial charge in [-0.05, 0) is 50.5 Å². The van der Waals surface area contributed by atoms with Gasteiger partial charge in [0.05, 0.1) is 5.69 Å². The molecule has 1 aromatic heterocycles. The number of nitrogens with one attached hydrogen (secondary N) is 1. The summed E-state index contributed by atoms with van der Waals surface area (Å²) in [5, 5.41) is 2.94. The molecule has 1 aliphatic heterocycles. The minimum atomic E-state index is -0.170. The van der Waals surface area contributed by atoms with Gasteiger partial charge in [0.1, 0.15) is 0 Å². The van der Waals surface area contributed by atoms with Crippen molar-refractivity contribution in [1.29, 1.82) is 0 Å². The Morgan fingerprint density at radius 1 is 1.53 bits per heavy atom. The van der Waals surface area contributed by atoms with Gasteiger partial charge in [-0.25, -0.2) is 4.98 Å². The first-order valence-corrected chi connectivity index (χ1v) is 6.91. The number of hydrogen-bond donors (Lipinski definition) is 2. The Labute approximate surface area is 114 Å². The predicted octanol–water partition coefficient (Wildman–Crippen LogP) is 1.13. The molecule has 1 aliphatic rings. The maximum absolute atomic E-state index is 12.0. The van der Waals surface area contributed by atoms with Crippen molar-refractivity contribution in [3.8, 4) is 0 Å². The second kappa shape index (κ2) is 6.52. The van der Waals surface area contributed by atoms with Crippen LogP contribution in [0.2, 0.25) is 0 Å². The van der Waals surface area contributed by atoms with Crippen LogP contribution in [0.4, 0.5) is 5.69 Å². The first-order chi connectivity index (χ1) is 9.20. The number of nitrogens with two attached hydrogens (primary N) is 1. The number of pyridine rings is 1. The van der Waals surface area contributed by atoms with Crippen LogP contribution < -0.4 is 11.1 Å². The van der Waals surface area contributed by atoms with Gasteiger partial charge in [0.15, 0.2) is 5.69 Å². The van der Waals surface area contributed by atoms with E-state index in [9.17, 15) is 4.79 Å². The highest BCUT2D eigenvalue weighted by Crippen LogP contribution is 2.16. The van der Waals surface area contributed by atoms with Crippen LogP contribution in [0, 0.1) is 5.92 Å². The summed E-state index contributed by atoms with van der Waals surface area (Å²) < 4.78 is 0. The zero-order valence-electron chi connectivity index (χ0n) is 11.4. The highest BCUT2D eigenvalue weighted by Gasteiger charge is 2.19. The Bertz CT molecular complexity index is 427. The molecule has 2 rings (SSSR count). The average Bonchev–Trinajstić information content (AvgIpc) is 2.46. The van der Waals surface area contributed by atoms with E-state index in [2.05, 4.69) is 22.1 Å². The van der Waals surface area contributed by atoms with Crippen LogP contribution in [0.5, 0.6) is 0 Å². The van der Waals surface area contributed by atoms with Crippen molar-refractivity contribution in [2.24, 2.45) is 5.92 Å². The number of aromatic nitrogens is 1. The zero-order valence-corrected chi connectivity index (χ0v) is 11.4. The first-order valence-electron chi connectivity index (χ1n) is 6.91. The molecule has 3 N–H and O–H groups in total. The van der Waals surface area contributed by atoms with Crippen molar-refractivity contribution in [3.63, 3.8) is 0 Å². The summed E-state index contributed by atoms with van der Waals surface area (Å²) in [6.07, 6.45) is 3.88. The molecule has 1 amide bonds. The summed E-state index contributed by atoms with van der Waals surface area (Å²) in [6.45, 7) is 6.27. The molecule has 0 saturated carbocycles. The lowest BCUT2D eigenvalue weighted by Crippen LogP contribution is -2.38. The molecule has 5 heteroatoms. The van der Waals surface area contributed by atoms with Crippen LogP contribution in [0.1, 0.15) is 30.3 Å². The van der Waals surface area contributed by atoms with Gasteiger partial charge in [-0.3, -0.25) is 4.79 Å². The van der Waals surface area contributed by atoms with Crippen LogP contribution in [0.15, 0.2) is 18.3 Å². The number of amides is 1. The summed E-state index contributed by atoms with van der Waals surface area (Å²) >= 11 is 0. The van der Waals surface area contributed by atoms with Gasteiger partial charge in [0, 0.05) is 12.7 Å². The van der Waals surface area contributed by atoms with Crippen LogP contribution >= 0.6 is 0 Å². The smallest absolute Gasteiger partial charge is 0.272 e. The normalized spacial score (nSPS) is 17.3. The summed E-state index contributed by atoms with van der Waals surface area (Å²) in [5.41, 5.74) is 6.50. The molecular weight excluding hydrogens is 240 g/mol. The number of anilines is 1. The summed E-state index contributed by atoms with van der Waals surface area (Å²) in [6, 6.07) is 3.42. The molecule has 0 bridgehead atoms. The molecule has 0 aromatic carbocycles. The molecule has 0 aliphatic carbocycles. The van der Waals surface area contributed by atoms with Crippen LogP contribution in [0.25, 0.3) is 0 Å². The fraction of sp³-hybridized carbons (Fsp3) is 0.571. The monoisotopic (exact) mass is 262 g/mol. The Kier molecular flexibility index (Phi) is 4.74. The van der Waals surface area contributed by atoms with E-state index in [0.29, 0.717) is 23.8 Å². The van der Waals surface area contributed by atoms with Gasteiger partial charge in [-0.1, -0.05) is 6.92 Å². The second-order valence-corrected chi connectivity index (χ2v) is 5.03. The SMILES string of the molecule is CCN1CCC(CNC(=O)c2ncccc2N)CC1. The van der Waals surface area contributed by atoms with Crippen molar-refractivity contribution in [1.82, 2.24) is 15.2 Å². The minimum absolute atomic E-state index is 0.170. The van der Waals surface area contributed by atoms with E-state index in [1.54, 1.807) is 18.3 Å². The van der Waals surface area contributed by atoms with Crippen molar-refractivity contribution >= 4 is 11.6 Å². The Morgan fingerprint density at radius 2 is 2.26 bits per heavy atom. The predicted molar refractivity (Wildman–Crippen MR) is 75.8 cm³/mol. The van der Waals surface area contributed by atoms with E-state index in [0.717, 1.165) is 32.5 Å². The van der Waals surface area contributed by atoms with E-state index in [-0.39, 0.29) is 5.91 Å². The largest absolute Gasteiger partial charge is 0.397 e. The van der Waals surface area contributed by atoms with E-state index in [1.807, 2.05) is 0 Å². The molecule has 5 nitrogen and oxygen atoms in total. The lowest BCUT2D eigenvalue weighted by Gasteiger charge is -2.31. The molecule has 104 valence electrons. The number of carbonyl (C=O) groups excluding carboxylic acids is 1. The molecule has 0 radical (unpaired) electrons. The molecular formula is C14H22N4O. The topological polar surface area (TPSA) is 71.2 Å². The number of nitrogens with zero attached hydrogens (tertiary/aromatic N) is 2. The zero-order chi connectivity index (χ0) is 13.7. The third-order valence-corrected chi connectivity index (χ3v) is 3.76. The molecule has 1 fully saturated rings. The summed E-state index contributed by atoms with van der Waals surface area (Å²) in [7, 11) is 0. The third kappa shape index (κ3) is 3.67. The number of hydrogen-bond acceptors (Lipinski definition) is 4. The highest BCUT2D eigenvalue weighted by atomic mass is 16.1. The van der Waals surface area contributed by atoms with E-state index >= 15 is 0 Å². The van der Waals surface area contributed by atoms with Gasteiger partial charge in [-0.2, -0.15) is 0 Å². The number of piperidine rings is 1. The van der Waals surface area contributed by atoms with Crippen LogP contribution in [0.3, 0.4) is 0 Å². The molecule has 2 heterocycles. The molecule has 0 unspecified atom stereocenters. The van der Waals surface area contributed by atoms with Crippen molar-refractivity contribution < 1.29 is 4.79 Å². The lowest BCUT2D eigenvalue weighted by atomic mass is 9.97. The van der Waals surface area contributed by atoms with Crippen molar-refractivity contribution in [2.45, 2.75) is 19.8 Å². The molecule has 19 heavy (non-hydrogen) atoms. The fourth-order valence-electron chi connectivity index (χ4n) is 2.44. The van der Waals surface area contributed by atoms with Crippen LogP contribution in [-0.4, -0.2) is 42.0 Å². The van der Waals surface area contributed by atoms with Crippen molar-refractivity contribution in [3.05, 3.63) is 24.0 Å². The highest BCUT2D eigenvalue weighted by molar-refractivity contribution is 5.96. The molecule has 1 aromatic rings. The lowest BCUT2D eigenvalue weighted by molar-refractivity contribution is 0.0933. The van der Waals surface area contributed by atoms with E-state index in [4.69, 9.17) is 5.73 Å². The third-order valence-electron chi connectivity index (χ3n) is 3.76. The van der Waals surface area contributed by atoms with Gasteiger partial charge in [-0.15, -0.1) is 0 Å².